The average Bonchev–Trinajstić information content (AvgIpc) is 3.35. The minimum absolute atomic E-state index is 0.183. The summed E-state index contributed by atoms with van der Waals surface area (Å²) in [4.78, 5) is 24.6. The Bertz CT molecular complexity index is 1100. The Morgan fingerprint density at radius 2 is 2.03 bits per heavy atom. The van der Waals surface area contributed by atoms with Crippen LogP contribution in [0.2, 0.25) is 0 Å². The van der Waals surface area contributed by atoms with Crippen molar-refractivity contribution in [1.29, 1.82) is 0 Å². The van der Waals surface area contributed by atoms with E-state index in [0.717, 1.165) is 34.5 Å². The first kappa shape index (κ1) is 20.8. The van der Waals surface area contributed by atoms with Crippen LogP contribution in [0.5, 0.6) is 5.88 Å². The number of alkyl carbamates (subject to hydrolysis) is 1. The highest BCUT2D eigenvalue weighted by molar-refractivity contribution is 5.69. The standard InChI is InChI=1S/C22H25N5O4/c1-12(2)5-17-8-15(7-14(4)24-17)21-26-19(27-31-21)16-6-13(3)20(23-9-16)29-10-18-11-30-22(28)25-18/h6-9,12,18H,5,10-11H2,1-4H3,(H,25,28)/t18-/m0/s1. The largest absolute Gasteiger partial charge is 0.475 e. The number of ether oxygens (including phenoxy) is 2. The Balaban J connectivity index is 1.49. The minimum atomic E-state index is -0.428. The molecule has 0 radical (unpaired) electrons. The van der Waals surface area contributed by atoms with Gasteiger partial charge in [-0.3, -0.25) is 4.98 Å². The van der Waals surface area contributed by atoms with Crippen LogP contribution in [-0.4, -0.2) is 45.5 Å². The summed E-state index contributed by atoms with van der Waals surface area (Å²) in [5.74, 6) is 1.89. The van der Waals surface area contributed by atoms with Crippen LogP contribution in [0, 0.1) is 19.8 Å². The van der Waals surface area contributed by atoms with Crippen LogP contribution in [0.3, 0.4) is 0 Å². The zero-order chi connectivity index (χ0) is 22.0. The first-order valence-electron chi connectivity index (χ1n) is 10.2. The highest BCUT2D eigenvalue weighted by Crippen LogP contribution is 2.26. The molecule has 1 saturated heterocycles. The number of pyridine rings is 2. The van der Waals surface area contributed by atoms with Gasteiger partial charge in [-0.05, 0) is 44.4 Å². The molecule has 0 spiro atoms. The van der Waals surface area contributed by atoms with Gasteiger partial charge in [0, 0.05) is 34.3 Å². The number of rotatable bonds is 7. The van der Waals surface area contributed by atoms with Crippen LogP contribution < -0.4 is 10.1 Å². The van der Waals surface area contributed by atoms with Crippen LogP contribution in [0.15, 0.2) is 28.9 Å². The molecule has 0 bridgehead atoms. The molecule has 31 heavy (non-hydrogen) atoms. The predicted molar refractivity (Wildman–Crippen MR) is 113 cm³/mol. The molecule has 4 heterocycles. The average molecular weight is 423 g/mol. The van der Waals surface area contributed by atoms with E-state index in [4.69, 9.17) is 14.0 Å². The van der Waals surface area contributed by atoms with E-state index < -0.39 is 6.09 Å². The van der Waals surface area contributed by atoms with Crippen molar-refractivity contribution in [3.8, 4) is 28.7 Å². The summed E-state index contributed by atoms with van der Waals surface area (Å²) in [5, 5.41) is 6.79. The van der Waals surface area contributed by atoms with E-state index in [-0.39, 0.29) is 19.3 Å². The fourth-order valence-corrected chi connectivity index (χ4v) is 3.37. The highest BCUT2D eigenvalue weighted by atomic mass is 16.6. The van der Waals surface area contributed by atoms with Gasteiger partial charge in [0.05, 0.1) is 0 Å². The molecule has 9 nitrogen and oxygen atoms in total. The van der Waals surface area contributed by atoms with Gasteiger partial charge in [0.1, 0.15) is 19.3 Å². The van der Waals surface area contributed by atoms with Gasteiger partial charge in [0.25, 0.3) is 5.89 Å². The zero-order valence-corrected chi connectivity index (χ0v) is 18.0. The maximum absolute atomic E-state index is 11.1. The summed E-state index contributed by atoms with van der Waals surface area (Å²) < 4.78 is 16.1. The molecule has 4 rings (SSSR count). The van der Waals surface area contributed by atoms with Gasteiger partial charge in [-0.15, -0.1) is 0 Å². The number of hydrogen-bond acceptors (Lipinski definition) is 8. The van der Waals surface area contributed by atoms with E-state index >= 15 is 0 Å². The quantitative estimate of drug-likeness (QED) is 0.614. The number of nitrogens with zero attached hydrogens (tertiary/aromatic N) is 4. The summed E-state index contributed by atoms with van der Waals surface area (Å²) in [6.45, 7) is 8.74. The number of aryl methyl sites for hydroxylation is 2. The van der Waals surface area contributed by atoms with Crippen molar-refractivity contribution in [3.05, 3.63) is 41.3 Å². The van der Waals surface area contributed by atoms with Gasteiger partial charge in [-0.25, -0.2) is 9.78 Å². The molecule has 0 saturated carbocycles. The van der Waals surface area contributed by atoms with Crippen LogP contribution >= 0.6 is 0 Å². The molecule has 1 amide bonds. The smallest absolute Gasteiger partial charge is 0.407 e. The molecule has 9 heteroatoms. The first-order chi connectivity index (χ1) is 14.9. The molecule has 3 aromatic heterocycles. The van der Waals surface area contributed by atoms with Gasteiger partial charge >= 0.3 is 6.09 Å². The first-order valence-corrected chi connectivity index (χ1v) is 10.2. The number of hydrogen-bond donors (Lipinski definition) is 1. The normalized spacial score (nSPS) is 15.8. The monoisotopic (exact) mass is 423 g/mol. The number of amides is 1. The van der Waals surface area contributed by atoms with Gasteiger partial charge in [0.2, 0.25) is 11.7 Å². The SMILES string of the molecule is Cc1cc(-c2nc(-c3cnc(OC[C@H]4COC(=O)N4)c(C)c3)no2)cc(CC(C)C)n1. The molecular formula is C22H25N5O4. The highest BCUT2D eigenvalue weighted by Gasteiger charge is 2.23. The lowest BCUT2D eigenvalue weighted by atomic mass is 10.1. The molecule has 1 atom stereocenters. The number of aromatic nitrogens is 4. The predicted octanol–water partition coefficient (Wildman–Crippen LogP) is 3.50. The fourth-order valence-electron chi connectivity index (χ4n) is 3.37. The Morgan fingerprint density at radius 3 is 2.74 bits per heavy atom. The van der Waals surface area contributed by atoms with E-state index in [1.54, 1.807) is 6.20 Å². The van der Waals surface area contributed by atoms with Crippen molar-refractivity contribution < 1.29 is 18.8 Å². The second kappa shape index (κ2) is 8.71. The molecule has 0 aromatic carbocycles. The fraction of sp³-hybridized carbons (Fsp3) is 0.409. The van der Waals surface area contributed by atoms with Crippen molar-refractivity contribution in [2.45, 2.75) is 40.2 Å². The molecule has 1 aliphatic heterocycles. The van der Waals surface area contributed by atoms with E-state index in [1.165, 1.54) is 0 Å². The van der Waals surface area contributed by atoms with Crippen LogP contribution in [0.4, 0.5) is 4.79 Å². The molecule has 1 fully saturated rings. The van der Waals surface area contributed by atoms with E-state index in [1.807, 2.05) is 32.0 Å². The van der Waals surface area contributed by atoms with Gasteiger partial charge in [0.15, 0.2) is 0 Å². The minimum Gasteiger partial charge on any atom is -0.475 e. The van der Waals surface area contributed by atoms with Gasteiger partial charge in [-0.1, -0.05) is 19.0 Å². The molecule has 3 aromatic rings. The zero-order valence-electron chi connectivity index (χ0n) is 18.0. The van der Waals surface area contributed by atoms with Crippen molar-refractivity contribution >= 4 is 6.09 Å². The Kier molecular flexibility index (Phi) is 5.83. The summed E-state index contributed by atoms with van der Waals surface area (Å²) in [6.07, 6.45) is 2.10. The van der Waals surface area contributed by atoms with Gasteiger partial charge in [-0.2, -0.15) is 4.98 Å². The summed E-state index contributed by atoms with van der Waals surface area (Å²) in [6, 6.07) is 5.64. The second-order valence-corrected chi connectivity index (χ2v) is 8.11. The number of carbonyl (C=O) groups excluding carboxylic acids is 1. The van der Waals surface area contributed by atoms with Crippen molar-refractivity contribution in [1.82, 2.24) is 25.4 Å². The Morgan fingerprint density at radius 1 is 1.19 bits per heavy atom. The van der Waals surface area contributed by atoms with Crippen LogP contribution in [0.25, 0.3) is 22.8 Å². The number of carbonyl (C=O) groups is 1. The Hall–Kier alpha value is -3.49. The maximum Gasteiger partial charge on any atom is 0.407 e. The second-order valence-electron chi connectivity index (χ2n) is 8.11. The summed E-state index contributed by atoms with van der Waals surface area (Å²) >= 11 is 0. The molecule has 0 aliphatic carbocycles. The topological polar surface area (TPSA) is 112 Å². The molecular weight excluding hydrogens is 398 g/mol. The molecule has 0 unspecified atom stereocenters. The molecule has 1 aliphatic rings. The third-order valence-corrected chi connectivity index (χ3v) is 4.74. The lowest BCUT2D eigenvalue weighted by molar-refractivity contribution is 0.174. The number of nitrogens with one attached hydrogen (secondary N) is 1. The lowest BCUT2D eigenvalue weighted by Gasteiger charge is -2.11. The van der Waals surface area contributed by atoms with E-state index in [2.05, 4.69) is 39.3 Å². The third-order valence-electron chi connectivity index (χ3n) is 4.74. The molecule has 162 valence electrons. The Labute approximate surface area is 180 Å². The number of cyclic esters (lactones) is 1. The lowest BCUT2D eigenvalue weighted by Crippen LogP contribution is -2.32. The summed E-state index contributed by atoms with van der Waals surface area (Å²) in [7, 11) is 0. The molecule has 1 N–H and O–H groups in total. The van der Waals surface area contributed by atoms with Crippen molar-refractivity contribution in [3.63, 3.8) is 0 Å². The van der Waals surface area contributed by atoms with Crippen LogP contribution in [-0.2, 0) is 11.2 Å². The van der Waals surface area contributed by atoms with E-state index in [0.29, 0.717) is 23.5 Å². The summed E-state index contributed by atoms with van der Waals surface area (Å²) in [5.41, 5.74) is 4.33. The van der Waals surface area contributed by atoms with Crippen molar-refractivity contribution in [2.24, 2.45) is 5.92 Å². The third kappa shape index (κ3) is 4.99. The van der Waals surface area contributed by atoms with E-state index in [9.17, 15) is 4.79 Å². The van der Waals surface area contributed by atoms with Gasteiger partial charge < -0.3 is 19.3 Å². The maximum atomic E-state index is 11.1. The van der Waals surface area contributed by atoms with Crippen molar-refractivity contribution in [2.75, 3.05) is 13.2 Å². The van der Waals surface area contributed by atoms with Crippen LogP contribution in [0.1, 0.15) is 30.8 Å².